The van der Waals surface area contributed by atoms with E-state index in [0.29, 0.717) is 28.1 Å². The predicted molar refractivity (Wildman–Crippen MR) is 120 cm³/mol. The first-order valence-electron chi connectivity index (χ1n) is 12.3. The van der Waals surface area contributed by atoms with E-state index >= 15 is 0 Å². The number of allylic oxidation sites excluding steroid dienone is 6. The summed E-state index contributed by atoms with van der Waals surface area (Å²) in [5.41, 5.74) is 5.29. The Labute approximate surface area is 173 Å². The highest BCUT2D eigenvalue weighted by atomic mass is 14.7. The minimum Gasteiger partial charge on any atom is -0.0852 e. The van der Waals surface area contributed by atoms with Crippen LogP contribution in [0.2, 0.25) is 0 Å². The van der Waals surface area contributed by atoms with Gasteiger partial charge in [-0.25, -0.2) is 0 Å². The van der Waals surface area contributed by atoms with Gasteiger partial charge in [0, 0.05) is 0 Å². The fourth-order valence-electron chi connectivity index (χ4n) is 8.38. The Kier molecular flexibility index (Phi) is 4.19. The highest BCUT2D eigenvalue weighted by Crippen LogP contribution is 2.79. The first kappa shape index (κ1) is 19.2. The molecule has 0 amide bonds. The molecule has 0 radical (unpaired) electrons. The molecule has 0 aromatic rings. The molecule has 8 unspecified atom stereocenters. The molecule has 5 aliphatic carbocycles. The van der Waals surface area contributed by atoms with Crippen LogP contribution in [-0.2, 0) is 0 Å². The SMILES string of the molecule is CC(C)C(C)C=CC(C)C1CCC2C3=CCC45CC4CCC5(C)C3=CCC21C. The lowest BCUT2D eigenvalue weighted by Gasteiger charge is -2.50. The summed E-state index contributed by atoms with van der Waals surface area (Å²) < 4.78 is 0. The Morgan fingerprint density at radius 1 is 0.964 bits per heavy atom. The molecule has 0 heteroatoms. The van der Waals surface area contributed by atoms with Crippen LogP contribution in [0.5, 0.6) is 0 Å². The molecular weight excluding hydrogens is 336 g/mol. The van der Waals surface area contributed by atoms with Crippen LogP contribution in [0.4, 0.5) is 0 Å². The van der Waals surface area contributed by atoms with Gasteiger partial charge in [-0.05, 0) is 108 Å². The lowest BCUT2D eigenvalue weighted by atomic mass is 9.54. The molecule has 3 saturated carbocycles. The monoisotopic (exact) mass is 378 g/mol. The molecule has 0 aliphatic heterocycles. The van der Waals surface area contributed by atoms with Crippen LogP contribution in [-0.4, -0.2) is 0 Å². The minimum absolute atomic E-state index is 0.475. The van der Waals surface area contributed by atoms with Gasteiger partial charge >= 0.3 is 0 Å². The normalized spacial score (nSPS) is 48.5. The van der Waals surface area contributed by atoms with E-state index in [1.165, 1.54) is 44.9 Å². The molecular formula is C28H42. The van der Waals surface area contributed by atoms with Gasteiger partial charge in [0.1, 0.15) is 0 Å². The first-order valence-corrected chi connectivity index (χ1v) is 12.3. The van der Waals surface area contributed by atoms with Gasteiger partial charge in [-0.15, -0.1) is 0 Å². The summed E-state index contributed by atoms with van der Waals surface area (Å²) >= 11 is 0. The van der Waals surface area contributed by atoms with Crippen molar-refractivity contribution in [2.75, 3.05) is 0 Å². The van der Waals surface area contributed by atoms with Gasteiger partial charge in [0.15, 0.2) is 0 Å². The van der Waals surface area contributed by atoms with Crippen LogP contribution in [0, 0.1) is 51.8 Å². The maximum Gasteiger partial charge on any atom is -0.00135 e. The molecule has 8 atom stereocenters. The van der Waals surface area contributed by atoms with Gasteiger partial charge in [-0.2, -0.15) is 0 Å². The Morgan fingerprint density at radius 3 is 2.46 bits per heavy atom. The van der Waals surface area contributed by atoms with E-state index in [1.54, 1.807) is 0 Å². The zero-order chi connectivity index (χ0) is 19.9. The second-order valence-corrected chi connectivity index (χ2v) is 12.2. The second-order valence-electron chi connectivity index (χ2n) is 12.2. The molecule has 5 aliphatic rings. The molecule has 0 aromatic heterocycles. The molecule has 0 bridgehead atoms. The summed E-state index contributed by atoms with van der Waals surface area (Å²) in [5.74, 6) is 4.85. The molecule has 154 valence electrons. The third-order valence-corrected chi connectivity index (χ3v) is 10.9. The van der Waals surface area contributed by atoms with Crippen LogP contribution >= 0.6 is 0 Å². The van der Waals surface area contributed by atoms with Crippen molar-refractivity contribution >= 4 is 0 Å². The fourth-order valence-corrected chi connectivity index (χ4v) is 8.38. The van der Waals surface area contributed by atoms with Crippen LogP contribution in [0.1, 0.15) is 86.5 Å². The zero-order valence-corrected chi connectivity index (χ0v) is 19.2. The number of hydrogen-bond donors (Lipinski definition) is 0. The maximum absolute atomic E-state index is 2.75. The Hall–Kier alpha value is -0.780. The van der Waals surface area contributed by atoms with E-state index in [9.17, 15) is 0 Å². The summed E-state index contributed by atoms with van der Waals surface area (Å²) in [6, 6.07) is 0. The summed E-state index contributed by atoms with van der Waals surface area (Å²) in [6.07, 6.45) is 20.6. The van der Waals surface area contributed by atoms with Crippen molar-refractivity contribution in [3.63, 3.8) is 0 Å². The van der Waals surface area contributed by atoms with Crippen LogP contribution in [0.25, 0.3) is 0 Å². The molecule has 28 heavy (non-hydrogen) atoms. The maximum atomic E-state index is 2.75. The van der Waals surface area contributed by atoms with Crippen molar-refractivity contribution in [3.05, 3.63) is 35.5 Å². The van der Waals surface area contributed by atoms with Crippen molar-refractivity contribution in [2.24, 2.45) is 51.8 Å². The standard InChI is InChI=1S/C28H42/c1-18(2)19(3)7-8-20(4)23-9-10-24-22-12-16-28-17-21(28)11-15-27(28,6)25(22)13-14-26(23,24)5/h7-8,12-13,18-21,23-24H,9-11,14-17H2,1-6H3. The molecule has 0 heterocycles. The molecule has 5 rings (SSSR count). The highest BCUT2D eigenvalue weighted by molar-refractivity contribution is 5.50. The van der Waals surface area contributed by atoms with E-state index in [4.69, 9.17) is 0 Å². The lowest BCUT2D eigenvalue weighted by molar-refractivity contribution is 0.129. The quantitative estimate of drug-likeness (QED) is 0.435. The molecule has 0 saturated heterocycles. The third kappa shape index (κ3) is 2.36. The fraction of sp³-hybridized carbons (Fsp3) is 0.786. The van der Waals surface area contributed by atoms with Crippen molar-refractivity contribution in [1.82, 2.24) is 0 Å². The lowest BCUT2D eigenvalue weighted by Crippen LogP contribution is -2.41. The average molecular weight is 379 g/mol. The number of fused-ring (bicyclic) bond motifs is 4. The highest BCUT2D eigenvalue weighted by Gasteiger charge is 2.70. The van der Waals surface area contributed by atoms with Crippen molar-refractivity contribution in [2.45, 2.75) is 86.5 Å². The minimum atomic E-state index is 0.475. The van der Waals surface area contributed by atoms with Crippen molar-refractivity contribution in [3.8, 4) is 0 Å². The molecule has 3 fully saturated rings. The zero-order valence-electron chi connectivity index (χ0n) is 19.2. The van der Waals surface area contributed by atoms with Crippen molar-refractivity contribution < 1.29 is 0 Å². The third-order valence-electron chi connectivity index (χ3n) is 10.9. The van der Waals surface area contributed by atoms with E-state index in [-0.39, 0.29) is 0 Å². The molecule has 0 N–H and O–H groups in total. The van der Waals surface area contributed by atoms with Gasteiger partial charge < -0.3 is 0 Å². The Balaban J connectivity index is 1.41. The van der Waals surface area contributed by atoms with Gasteiger partial charge in [0.2, 0.25) is 0 Å². The summed E-state index contributed by atoms with van der Waals surface area (Å²) in [4.78, 5) is 0. The summed E-state index contributed by atoms with van der Waals surface area (Å²) in [7, 11) is 0. The Bertz CT molecular complexity index is 750. The molecule has 0 aromatic carbocycles. The summed E-state index contributed by atoms with van der Waals surface area (Å²) in [5, 5.41) is 0. The van der Waals surface area contributed by atoms with Gasteiger partial charge in [-0.1, -0.05) is 65.8 Å². The van der Waals surface area contributed by atoms with E-state index in [1.807, 2.05) is 11.1 Å². The first-order chi connectivity index (χ1) is 13.2. The second kappa shape index (κ2) is 6.12. The topological polar surface area (TPSA) is 0 Å². The average Bonchev–Trinajstić information content (AvgIpc) is 3.14. The number of rotatable bonds is 4. The Morgan fingerprint density at radius 2 is 1.75 bits per heavy atom. The van der Waals surface area contributed by atoms with Crippen LogP contribution in [0.15, 0.2) is 35.5 Å². The van der Waals surface area contributed by atoms with Crippen LogP contribution in [0.3, 0.4) is 0 Å². The van der Waals surface area contributed by atoms with E-state index in [2.05, 4.69) is 65.8 Å². The van der Waals surface area contributed by atoms with Crippen LogP contribution < -0.4 is 0 Å². The molecule has 0 nitrogen and oxygen atoms in total. The smallest absolute Gasteiger partial charge is 0.00135 e. The van der Waals surface area contributed by atoms with E-state index in [0.717, 1.165) is 23.7 Å². The van der Waals surface area contributed by atoms with Gasteiger partial charge in [0.05, 0.1) is 0 Å². The van der Waals surface area contributed by atoms with Crippen molar-refractivity contribution in [1.29, 1.82) is 0 Å². The van der Waals surface area contributed by atoms with Gasteiger partial charge in [0.25, 0.3) is 0 Å². The summed E-state index contributed by atoms with van der Waals surface area (Å²) in [6.45, 7) is 14.8. The predicted octanol–water partition coefficient (Wildman–Crippen LogP) is 7.97. The molecule has 1 spiro atoms. The van der Waals surface area contributed by atoms with Gasteiger partial charge in [-0.3, -0.25) is 0 Å². The number of hydrogen-bond acceptors (Lipinski definition) is 0. The van der Waals surface area contributed by atoms with E-state index < -0.39 is 0 Å². The largest absolute Gasteiger partial charge is 0.0852 e.